The Labute approximate surface area is 97.5 Å². The van der Waals surface area contributed by atoms with E-state index in [0.29, 0.717) is 6.20 Å². The number of halogens is 3. The van der Waals surface area contributed by atoms with Crippen molar-refractivity contribution in [2.45, 2.75) is 6.18 Å². The topological polar surface area (TPSA) is 91.8 Å². The molecule has 0 aliphatic rings. The summed E-state index contributed by atoms with van der Waals surface area (Å²) in [5.41, 5.74) is -2.51. The van der Waals surface area contributed by atoms with Gasteiger partial charge in [0.1, 0.15) is 5.56 Å². The Morgan fingerprint density at radius 1 is 1.33 bits per heavy atom. The van der Waals surface area contributed by atoms with E-state index >= 15 is 0 Å². The van der Waals surface area contributed by atoms with Crippen LogP contribution in [-0.2, 0) is 6.18 Å². The van der Waals surface area contributed by atoms with Crippen molar-refractivity contribution in [2.24, 2.45) is 0 Å². The first-order valence-corrected chi connectivity index (χ1v) is 4.57. The molecule has 2 rings (SSSR count). The Morgan fingerprint density at radius 2 is 2.06 bits per heavy atom. The molecule has 0 aromatic carbocycles. The lowest BCUT2D eigenvalue weighted by Crippen LogP contribution is -2.16. The van der Waals surface area contributed by atoms with Crippen molar-refractivity contribution < 1.29 is 23.1 Å². The number of carboxylic acids is 1. The first-order valence-electron chi connectivity index (χ1n) is 4.57. The highest BCUT2D eigenvalue weighted by atomic mass is 19.4. The van der Waals surface area contributed by atoms with Gasteiger partial charge in [-0.05, 0) is 0 Å². The van der Waals surface area contributed by atoms with Crippen molar-refractivity contribution in [1.82, 2.24) is 19.9 Å². The Kier molecular flexibility index (Phi) is 2.73. The SMILES string of the molecule is O=C(O)c1cnc(-c2ncc[nH]2)nc1C(F)(F)F. The van der Waals surface area contributed by atoms with Gasteiger partial charge in [0.05, 0.1) is 0 Å². The number of hydrogen-bond acceptors (Lipinski definition) is 4. The molecule has 0 fully saturated rings. The van der Waals surface area contributed by atoms with Gasteiger partial charge in [-0.1, -0.05) is 0 Å². The summed E-state index contributed by atoms with van der Waals surface area (Å²) in [7, 11) is 0. The largest absolute Gasteiger partial charge is 0.478 e. The van der Waals surface area contributed by atoms with Gasteiger partial charge in [0.2, 0.25) is 0 Å². The van der Waals surface area contributed by atoms with Crippen molar-refractivity contribution in [3.63, 3.8) is 0 Å². The number of imidazole rings is 1. The van der Waals surface area contributed by atoms with Gasteiger partial charge in [-0.25, -0.2) is 19.7 Å². The number of nitrogens with one attached hydrogen (secondary N) is 1. The second-order valence-electron chi connectivity index (χ2n) is 3.20. The van der Waals surface area contributed by atoms with E-state index in [0.717, 1.165) is 0 Å². The van der Waals surface area contributed by atoms with E-state index in [1.165, 1.54) is 12.4 Å². The van der Waals surface area contributed by atoms with Crippen molar-refractivity contribution in [1.29, 1.82) is 0 Å². The zero-order valence-electron chi connectivity index (χ0n) is 8.56. The predicted molar refractivity (Wildman–Crippen MR) is 51.6 cm³/mol. The minimum atomic E-state index is -4.88. The fraction of sp³-hybridized carbons (Fsp3) is 0.111. The smallest absolute Gasteiger partial charge is 0.434 e. The van der Waals surface area contributed by atoms with Crippen molar-refractivity contribution in [3.8, 4) is 11.6 Å². The fourth-order valence-electron chi connectivity index (χ4n) is 1.26. The average Bonchev–Trinajstić information content (AvgIpc) is 2.80. The zero-order valence-corrected chi connectivity index (χ0v) is 8.56. The standard InChI is InChI=1S/C9H5F3N4O2/c10-9(11,12)5-4(8(17)18)3-15-7(16-5)6-13-1-2-14-6/h1-3H,(H,13,14)(H,17,18). The van der Waals surface area contributed by atoms with Gasteiger partial charge in [0.15, 0.2) is 17.3 Å². The van der Waals surface area contributed by atoms with E-state index in [4.69, 9.17) is 5.11 Å². The van der Waals surface area contributed by atoms with Crippen LogP contribution < -0.4 is 0 Å². The van der Waals surface area contributed by atoms with E-state index in [-0.39, 0.29) is 11.6 Å². The molecule has 0 amide bonds. The molecular weight excluding hydrogens is 253 g/mol. The van der Waals surface area contributed by atoms with Crippen LogP contribution in [0.3, 0.4) is 0 Å². The summed E-state index contributed by atoms with van der Waals surface area (Å²) in [4.78, 5) is 23.6. The molecule has 94 valence electrons. The Morgan fingerprint density at radius 3 is 2.56 bits per heavy atom. The summed E-state index contributed by atoms with van der Waals surface area (Å²) in [6, 6.07) is 0. The van der Waals surface area contributed by atoms with Gasteiger partial charge in [-0.3, -0.25) is 0 Å². The average molecular weight is 258 g/mol. The van der Waals surface area contributed by atoms with Crippen LogP contribution >= 0.6 is 0 Å². The van der Waals surface area contributed by atoms with Crippen molar-refractivity contribution >= 4 is 5.97 Å². The summed E-state index contributed by atoms with van der Waals surface area (Å²) < 4.78 is 37.9. The molecule has 0 saturated heterocycles. The highest BCUT2D eigenvalue weighted by molar-refractivity contribution is 5.88. The lowest BCUT2D eigenvalue weighted by Gasteiger charge is -2.09. The first-order chi connectivity index (χ1) is 8.39. The zero-order chi connectivity index (χ0) is 13.3. The molecule has 2 aromatic heterocycles. The molecule has 0 radical (unpaired) electrons. The number of hydrogen-bond donors (Lipinski definition) is 2. The maximum Gasteiger partial charge on any atom is 0.434 e. The van der Waals surface area contributed by atoms with E-state index in [1.54, 1.807) is 0 Å². The number of carboxylic acid groups (broad SMARTS) is 1. The van der Waals surface area contributed by atoms with E-state index < -0.39 is 23.4 Å². The minimum Gasteiger partial charge on any atom is -0.478 e. The molecule has 0 atom stereocenters. The monoisotopic (exact) mass is 258 g/mol. The summed E-state index contributed by atoms with van der Waals surface area (Å²) in [6.07, 6.45) is -1.57. The second kappa shape index (κ2) is 4.09. The van der Waals surface area contributed by atoms with Gasteiger partial charge in [-0.2, -0.15) is 13.2 Å². The first kappa shape index (κ1) is 12.0. The third-order valence-corrected chi connectivity index (χ3v) is 2.00. The van der Waals surface area contributed by atoms with Crippen LogP contribution in [0.2, 0.25) is 0 Å². The summed E-state index contributed by atoms with van der Waals surface area (Å²) in [6.45, 7) is 0. The molecule has 2 aromatic rings. The van der Waals surface area contributed by atoms with E-state index in [1.807, 2.05) is 0 Å². The molecular formula is C9H5F3N4O2. The lowest BCUT2D eigenvalue weighted by atomic mass is 10.2. The summed E-state index contributed by atoms with van der Waals surface area (Å²) in [5.74, 6) is -2.04. The highest BCUT2D eigenvalue weighted by Crippen LogP contribution is 2.31. The number of rotatable bonds is 2. The molecule has 6 nitrogen and oxygen atoms in total. The van der Waals surface area contributed by atoms with Gasteiger partial charge in [-0.15, -0.1) is 0 Å². The molecule has 0 bridgehead atoms. The van der Waals surface area contributed by atoms with Crippen LogP contribution in [-0.4, -0.2) is 31.0 Å². The number of H-pyrrole nitrogens is 1. The van der Waals surface area contributed by atoms with Crippen molar-refractivity contribution in [2.75, 3.05) is 0 Å². The molecule has 0 spiro atoms. The van der Waals surface area contributed by atoms with Crippen LogP contribution in [0.25, 0.3) is 11.6 Å². The molecule has 0 unspecified atom stereocenters. The van der Waals surface area contributed by atoms with Crippen LogP contribution in [0.1, 0.15) is 16.1 Å². The Bertz CT molecular complexity index is 580. The maximum absolute atomic E-state index is 12.6. The van der Waals surface area contributed by atoms with Crippen LogP contribution in [0.5, 0.6) is 0 Å². The number of alkyl halides is 3. The van der Waals surface area contributed by atoms with E-state index in [9.17, 15) is 18.0 Å². The van der Waals surface area contributed by atoms with Crippen LogP contribution in [0, 0.1) is 0 Å². The lowest BCUT2D eigenvalue weighted by molar-refractivity contribution is -0.141. The maximum atomic E-state index is 12.6. The predicted octanol–water partition coefficient (Wildman–Crippen LogP) is 1.58. The number of aromatic amines is 1. The fourth-order valence-corrected chi connectivity index (χ4v) is 1.26. The van der Waals surface area contributed by atoms with Gasteiger partial charge in [0, 0.05) is 18.6 Å². The summed E-state index contributed by atoms with van der Waals surface area (Å²) in [5, 5.41) is 8.65. The molecule has 0 aliphatic heterocycles. The molecule has 0 saturated carbocycles. The minimum absolute atomic E-state index is 0.0254. The number of nitrogens with zero attached hydrogens (tertiary/aromatic N) is 3. The number of aromatic nitrogens is 4. The third-order valence-electron chi connectivity index (χ3n) is 2.00. The van der Waals surface area contributed by atoms with Gasteiger partial charge >= 0.3 is 12.1 Å². The summed E-state index contributed by atoms with van der Waals surface area (Å²) >= 11 is 0. The number of aromatic carboxylic acids is 1. The normalized spacial score (nSPS) is 11.5. The molecule has 18 heavy (non-hydrogen) atoms. The van der Waals surface area contributed by atoms with Crippen LogP contribution in [0.15, 0.2) is 18.6 Å². The number of carbonyl (C=O) groups is 1. The quantitative estimate of drug-likeness (QED) is 0.853. The van der Waals surface area contributed by atoms with Gasteiger partial charge in [0.25, 0.3) is 0 Å². The molecule has 2 heterocycles. The van der Waals surface area contributed by atoms with Crippen molar-refractivity contribution in [3.05, 3.63) is 29.8 Å². The second-order valence-corrected chi connectivity index (χ2v) is 3.20. The molecule has 9 heteroatoms. The van der Waals surface area contributed by atoms with E-state index in [2.05, 4.69) is 19.9 Å². The molecule has 0 aliphatic carbocycles. The third kappa shape index (κ3) is 2.14. The van der Waals surface area contributed by atoms with Gasteiger partial charge < -0.3 is 10.1 Å². The van der Waals surface area contributed by atoms with Crippen LogP contribution in [0.4, 0.5) is 13.2 Å². The highest BCUT2D eigenvalue weighted by Gasteiger charge is 2.38. The molecule has 2 N–H and O–H groups in total. The Balaban J connectivity index is 2.60. The Hall–Kier alpha value is -2.45.